The number of aromatic nitrogens is 2. The number of rotatable bonds is 5. The zero-order valence-electron chi connectivity index (χ0n) is 12.7. The minimum Gasteiger partial charge on any atom is -0.497 e. The van der Waals surface area contributed by atoms with Crippen LogP contribution in [0.15, 0.2) is 30.6 Å². The van der Waals surface area contributed by atoms with Crippen LogP contribution in [0.1, 0.15) is 5.56 Å². The van der Waals surface area contributed by atoms with Crippen molar-refractivity contribution in [1.29, 1.82) is 0 Å². The summed E-state index contributed by atoms with van der Waals surface area (Å²) in [5.74, 6) is 3.26. The lowest BCUT2D eigenvalue weighted by atomic mass is 9.96. The van der Waals surface area contributed by atoms with Gasteiger partial charge in [0.1, 0.15) is 11.5 Å². The number of hydrogen-bond acceptors (Lipinski definition) is 6. The normalized spacial score (nSPS) is 16.4. The molecule has 3 rings (SSSR count). The Balaban J connectivity index is 1.63. The largest absolute Gasteiger partial charge is 0.497 e. The van der Waals surface area contributed by atoms with Gasteiger partial charge in [-0.3, -0.25) is 0 Å². The van der Waals surface area contributed by atoms with Gasteiger partial charge in [-0.05, 0) is 18.1 Å². The molecule has 1 aliphatic rings. The molecule has 0 aliphatic carbocycles. The molecule has 6 heteroatoms. The van der Waals surface area contributed by atoms with Crippen molar-refractivity contribution < 1.29 is 14.2 Å². The fourth-order valence-corrected chi connectivity index (χ4v) is 2.51. The van der Waals surface area contributed by atoms with Gasteiger partial charge in [-0.1, -0.05) is 6.07 Å². The predicted molar refractivity (Wildman–Crippen MR) is 82.8 cm³/mol. The van der Waals surface area contributed by atoms with Crippen molar-refractivity contribution in [3.05, 3.63) is 36.2 Å². The second-order valence-electron chi connectivity index (χ2n) is 5.15. The van der Waals surface area contributed by atoms with Gasteiger partial charge in [-0.25, -0.2) is 9.97 Å². The summed E-state index contributed by atoms with van der Waals surface area (Å²) >= 11 is 0. The summed E-state index contributed by atoms with van der Waals surface area (Å²) in [5, 5.41) is 3.28. The number of nitrogens with zero attached hydrogens (tertiary/aromatic N) is 2. The number of anilines is 1. The monoisotopic (exact) mass is 301 g/mol. The molecule has 2 aromatic rings. The Morgan fingerprint density at radius 3 is 2.91 bits per heavy atom. The zero-order chi connectivity index (χ0) is 15.4. The predicted octanol–water partition coefficient (Wildman–Crippen LogP) is 2.16. The molecular weight excluding hydrogens is 282 g/mol. The summed E-state index contributed by atoms with van der Waals surface area (Å²) in [7, 11) is 3.24. The Hall–Kier alpha value is -2.50. The van der Waals surface area contributed by atoms with E-state index in [-0.39, 0.29) is 0 Å². The highest BCUT2D eigenvalue weighted by molar-refractivity contribution is 5.45. The van der Waals surface area contributed by atoms with Crippen molar-refractivity contribution in [3.8, 4) is 17.4 Å². The van der Waals surface area contributed by atoms with E-state index in [1.165, 1.54) is 5.56 Å². The molecule has 1 aliphatic heterocycles. The van der Waals surface area contributed by atoms with Gasteiger partial charge >= 0.3 is 0 Å². The SMILES string of the molecule is COc1ccc2c(c1)OC[C@H](CNc1nccnc1OC)C2. The van der Waals surface area contributed by atoms with Crippen molar-refractivity contribution in [3.63, 3.8) is 0 Å². The maximum absolute atomic E-state index is 5.84. The van der Waals surface area contributed by atoms with Crippen molar-refractivity contribution in [1.82, 2.24) is 9.97 Å². The first-order valence-corrected chi connectivity index (χ1v) is 7.18. The summed E-state index contributed by atoms with van der Waals surface area (Å²) in [4.78, 5) is 8.37. The Morgan fingerprint density at radius 2 is 2.09 bits per heavy atom. The molecule has 0 amide bonds. The molecular formula is C16H19N3O3. The van der Waals surface area contributed by atoms with Crippen LogP contribution in [0.2, 0.25) is 0 Å². The number of methoxy groups -OCH3 is 2. The zero-order valence-corrected chi connectivity index (χ0v) is 12.7. The lowest BCUT2D eigenvalue weighted by molar-refractivity contribution is 0.228. The molecule has 1 atom stereocenters. The third-order valence-corrected chi connectivity index (χ3v) is 3.67. The molecule has 0 fully saturated rings. The molecule has 1 N–H and O–H groups in total. The number of hydrogen-bond donors (Lipinski definition) is 1. The van der Waals surface area contributed by atoms with E-state index in [1.807, 2.05) is 12.1 Å². The second kappa shape index (κ2) is 6.51. The molecule has 0 saturated carbocycles. The average molecular weight is 301 g/mol. The van der Waals surface area contributed by atoms with Crippen LogP contribution in [0.3, 0.4) is 0 Å². The van der Waals surface area contributed by atoms with E-state index >= 15 is 0 Å². The molecule has 0 bridgehead atoms. The van der Waals surface area contributed by atoms with E-state index in [9.17, 15) is 0 Å². The molecule has 1 aromatic carbocycles. The highest BCUT2D eigenvalue weighted by atomic mass is 16.5. The molecule has 6 nitrogen and oxygen atoms in total. The van der Waals surface area contributed by atoms with Crippen LogP contribution in [0.4, 0.5) is 5.82 Å². The molecule has 1 aromatic heterocycles. The highest BCUT2D eigenvalue weighted by Gasteiger charge is 2.21. The molecule has 0 radical (unpaired) electrons. The summed E-state index contributed by atoms with van der Waals surface area (Å²) < 4.78 is 16.2. The summed E-state index contributed by atoms with van der Waals surface area (Å²) in [6.07, 6.45) is 4.20. The fraction of sp³-hybridized carbons (Fsp3) is 0.375. The molecule has 116 valence electrons. The minimum absolute atomic E-state index is 0.368. The minimum atomic E-state index is 0.368. The van der Waals surface area contributed by atoms with Crippen LogP contribution in [-0.2, 0) is 6.42 Å². The molecule has 2 heterocycles. The van der Waals surface area contributed by atoms with Gasteiger partial charge in [0.2, 0.25) is 0 Å². The smallest absolute Gasteiger partial charge is 0.257 e. The van der Waals surface area contributed by atoms with Gasteiger partial charge in [0.25, 0.3) is 5.88 Å². The fourth-order valence-electron chi connectivity index (χ4n) is 2.51. The number of benzene rings is 1. The molecule has 0 spiro atoms. The maximum atomic E-state index is 5.84. The Morgan fingerprint density at radius 1 is 1.23 bits per heavy atom. The third kappa shape index (κ3) is 3.05. The van der Waals surface area contributed by atoms with E-state index in [0.29, 0.717) is 24.2 Å². The van der Waals surface area contributed by atoms with E-state index < -0.39 is 0 Å². The van der Waals surface area contributed by atoms with Crippen LogP contribution in [-0.4, -0.2) is 37.3 Å². The quantitative estimate of drug-likeness (QED) is 0.913. The van der Waals surface area contributed by atoms with Gasteiger partial charge < -0.3 is 19.5 Å². The molecule has 0 unspecified atom stereocenters. The van der Waals surface area contributed by atoms with E-state index in [1.54, 1.807) is 26.6 Å². The number of nitrogens with one attached hydrogen (secondary N) is 1. The average Bonchev–Trinajstić information content (AvgIpc) is 2.59. The van der Waals surface area contributed by atoms with Crippen LogP contribution in [0.5, 0.6) is 17.4 Å². The van der Waals surface area contributed by atoms with Gasteiger partial charge in [0, 0.05) is 30.9 Å². The van der Waals surface area contributed by atoms with Gasteiger partial charge in [0.05, 0.1) is 20.8 Å². The van der Waals surface area contributed by atoms with Gasteiger partial charge in [-0.2, -0.15) is 0 Å². The van der Waals surface area contributed by atoms with Crippen LogP contribution in [0, 0.1) is 5.92 Å². The van der Waals surface area contributed by atoms with E-state index in [4.69, 9.17) is 14.2 Å². The van der Waals surface area contributed by atoms with Crippen LogP contribution < -0.4 is 19.5 Å². The first-order valence-electron chi connectivity index (χ1n) is 7.18. The first-order chi connectivity index (χ1) is 10.8. The topological polar surface area (TPSA) is 65.5 Å². The first kappa shape index (κ1) is 14.4. The number of ether oxygens (including phenoxy) is 3. The summed E-state index contributed by atoms with van der Waals surface area (Å²) in [5.41, 5.74) is 1.20. The van der Waals surface area contributed by atoms with Crippen molar-refractivity contribution >= 4 is 5.82 Å². The van der Waals surface area contributed by atoms with E-state index in [0.717, 1.165) is 24.5 Å². The second-order valence-corrected chi connectivity index (χ2v) is 5.15. The Kier molecular flexibility index (Phi) is 4.27. The third-order valence-electron chi connectivity index (χ3n) is 3.67. The Labute approximate surface area is 129 Å². The lowest BCUT2D eigenvalue weighted by Gasteiger charge is -2.26. The van der Waals surface area contributed by atoms with E-state index in [2.05, 4.69) is 21.4 Å². The highest BCUT2D eigenvalue weighted by Crippen LogP contribution is 2.31. The van der Waals surface area contributed by atoms with Crippen molar-refractivity contribution in [2.45, 2.75) is 6.42 Å². The van der Waals surface area contributed by atoms with Crippen LogP contribution >= 0.6 is 0 Å². The molecule has 22 heavy (non-hydrogen) atoms. The summed E-state index contributed by atoms with van der Waals surface area (Å²) in [6, 6.07) is 5.96. The van der Waals surface area contributed by atoms with Gasteiger partial charge in [0.15, 0.2) is 5.82 Å². The van der Waals surface area contributed by atoms with Crippen molar-refractivity contribution in [2.75, 3.05) is 32.7 Å². The van der Waals surface area contributed by atoms with Crippen molar-refractivity contribution in [2.24, 2.45) is 5.92 Å². The molecule has 0 saturated heterocycles. The van der Waals surface area contributed by atoms with Gasteiger partial charge in [-0.15, -0.1) is 0 Å². The number of fused-ring (bicyclic) bond motifs is 1. The van der Waals surface area contributed by atoms with Crippen LogP contribution in [0.25, 0.3) is 0 Å². The lowest BCUT2D eigenvalue weighted by Crippen LogP contribution is -2.27. The Bertz CT molecular complexity index is 648. The standard InChI is InChI=1S/C16H19N3O3/c1-20-13-4-3-12-7-11(10-22-14(12)8-13)9-19-15-16(21-2)18-6-5-17-15/h3-6,8,11H,7,9-10H2,1-2H3,(H,17,19)/t11-/m0/s1. The summed E-state index contributed by atoms with van der Waals surface area (Å²) in [6.45, 7) is 1.41. The maximum Gasteiger partial charge on any atom is 0.257 e.